The molecule has 2 unspecified atom stereocenters. The molecular formula is C19H40O2. The van der Waals surface area contributed by atoms with Gasteiger partial charge in [0.2, 0.25) is 0 Å². The van der Waals surface area contributed by atoms with Crippen molar-refractivity contribution < 1.29 is 9.84 Å². The lowest BCUT2D eigenvalue weighted by Gasteiger charge is -2.20. The molecule has 0 heterocycles. The summed E-state index contributed by atoms with van der Waals surface area (Å²) >= 11 is 0. The number of ether oxygens (including phenoxy) is 1. The monoisotopic (exact) mass is 300 g/mol. The van der Waals surface area contributed by atoms with Crippen molar-refractivity contribution in [2.75, 3.05) is 19.8 Å². The first-order valence-electron chi connectivity index (χ1n) is 9.46. The summed E-state index contributed by atoms with van der Waals surface area (Å²) in [5.74, 6) is 1.08. The summed E-state index contributed by atoms with van der Waals surface area (Å²) in [5, 5.41) is 9.28. The molecule has 128 valence electrons. The van der Waals surface area contributed by atoms with Crippen LogP contribution in [0.15, 0.2) is 0 Å². The molecule has 0 aromatic carbocycles. The van der Waals surface area contributed by atoms with Gasteiger partial charge in [0.25, 0.3) is 0 Å². The SMILES string of the molecule is CCCCCCCCCCOCC(CC)CC(CC)CO. The maximum Gasteiger partial charge on any atom is 0.0494 e. The maximum absolute atomic E-state index is 9.28. The molecule has 2 atom stereocenters. The molecule has 0 rings (SSSR count). The van der Waals surface area contributed by atoms with Gasteiger partial charge in [0.1, 0.15) is 0 Å². The lowest BCUT2D eigenvalue weighted by Crippen LogP contribution is -2.16. The van der Waals surface area contributed by atoms with Crippen LogP contribution in [0.5, 0.6) is 0 Å². The molecule has 0 amide bonds. The third-order valence-electron chi connectivity index (χ3n) is 4.58. The highest BCUT2D eigenvalue weighted by molar-refractivity contribution is 4.63. The molecule has 21 heavy (non-hydrogen) atoms. The molecule has 1 N–H and O–H groups in total. The van der Waals surface area contributed by atoms with Crippen LogP contribution < -0.4 is 0 Å². The molecule has 0 aromatic heterocycles. The first-order valence-corrected chi connectivity index (χ1v) is 9.46. The Morgan fingerprint density at radius 3 is 1.86 bits per heavy atom. The van der Waals surface area contributed by atoms with Crippen LogP contribution in [-0.4, -0.2) is 24.9 Å². The second-order valence-corrected chi connectivity index (χ2v) is 6.52. The van der Waals surface area contributed by atoms with Gasteiger partial charge in [-0.1, -0.05) is 78.6 Å². The Morgan fingerprint density at radius 2 is 1.33 bits per heavy atom. The van der Waals surface area contributed by atoms with Crippen LogP contribution in [0, 0.1) is 11.8 Å². The Hall–Kier alpha value is -0.0800. The summed E-state index contributed by atoms with van der Waals surface area (Å²) < 4.78 is 5.84. The van der Waals surface area contributed by atoms with Crippen LogP contribution in [0.2, 0.25) is 0 Å². The second kappa shape index (κ2) is 16.3. The number of aliphatic hydroxyl groups is 1. The van der Waals surface area contributed by atoms with Crippen LogP contribution in [-0.2, 0) is 4.74 Å². The van der Waals surface area contributed by atoms with Crippen molar-refractivity contribution in [1.82, 2.24) is 0 Å². The minimum atomic E-state index is 0.324. The van der Waals surface area contributed by atoms with E-state index in [9.17, 15) is 5.11 Å². The zero-order valence-electron chi connectivity index (χ0n) is 14.9. The molecule has 0 radical (unpaired) electrons. The number of aliphatic hydroxyl groups excluding tert-OH is 1. The molecule has 0 aromatic rings. The first-order chi connectivity index (χ1) is 10.3. The van der Waals surface area contributed by atoms with E-state index < -0.39 is 0 Å². The molecule has 2 heteroatoms. The molecule has 0 spiro atoms. The summed E-state index contributed by atoms with van der Waals surface area (Å²) in [5.41, 5.74) is 0. The van der Waals surface area contributed by atoms with Crippen LogP contribution in [0.25, 0.3) is 0 Å². The van der Waals surface area contributed by atoms with Gasteiger partial charge in [-0.25, -0.2) is 0 Å². The molecular weight excluding hydrogens is 260 g/mol. The molecule has 0 saturated heterocycles. The molecule has 0 fully saturated rings. The molecule has 0 aliphatic carbocycles. The van der Waals surface area contributed by atoms with E-state index in [1.165, 1.54) is 51.4 Å². The quantitative estimate of drug-likeness (QED) is 0.377. The van der Waals surface area contributed by atoms with E-state index in [1.807, 2.05) is 0 Å². The predicted molar refractivity (Wildman–Crippen MR) is 92.7 cm³/mol. The van der Waals surface area contributed by atoms with Crippen molar-refractivity contribution in [3.05, 3.63) is 0 Å². The van der Waals surface area contributed by atoms with Crippen molar-refractivity contribution >= 4 is 0 Å². The Bertz CT molecular complexity index is 190. The van der Waals surface area contributed by atoms with Gasteiger partial charge in [-0.3, -0.25) is 0 Å². The Kier molecular flexibility index (Phi) is 16.2. The van der Waals surface area contributed by atoms with E-state index >= 15 is 0 Å². The second-order valence-electron chi connectivity index (χ2n) is 6.52. The van der Waals surface area contributed by atoms with Gasteiger partial charge >= 0.3 is 0 Å². The van der Waals surface area contributed by atoms with Gasteiger partial charge in [-0.2, -0.15) is 0 Å². The Morgan fingerprint density at radius 1 is 0.762 bits per heavy atom. The van der Waals surface area contributed by atoms with Crippen LogP contribution >= 0.6 is 0 Å². The van der Waals surface area contributed by atoms with E-state index in [0.29, 0.717) is 18.4 Å². The van der Waals surface area contributed by atoms with Crippen molar-refractivity contribution in [3.8, 4) is 0 Å². The molecule has 2 nitrogen and oxygen atoms in total. The first kappa shape index (κ1) is 20.9. The molecule has 0 aliphatic heterocycles. The molecule has 0 aliphatic rings. The van der Waals surface area contributed by atoms with E-state index in [1.54, 1.807) is 0 Å². The van der Waals surface area contributed by atoms with Gasteiger partial charge in [0.15, 0.2) is 0 Å². The average Bonchev–Trinajstić information content (AvgIpc) is 2.52. The summed E-state index contributed by atoms with van der Waals surface area (Å²) in [4.78, 5) is 0. The van der Waals surface area contributed by atoms with E-state index in [0.717, 1.165) is 32.5 Å². The number of hydrogen-bond acceptors (Lipinski definition) is 2. The van der Waals surface area contributed by atoms with Crippen molar-refractivity contribution in [1.29, 1.82) is 0 Å². The predicted octanol–water partition coefficient (Wildman–Crippen LogP) is 5.58. The van der Waals surface area contributed by atoms with E-state index in [-0.39, 0.29) is 0 Å². The third-order valence-corrected chi connectivity index (χ3v) is 4.58. The molecule has 0 bridgehead atoms. The zero-order chi connectivity index (χ0) is 15.8. The van der Waals surface area contributed by atoms with Crippen molar-refractivity contribution in [2.24, 2.45) is 11.8 Å². The largest absolute Gasteiger partial charge is 0.396 e. The smallest absolute Gasteiger partial charge is 0.0494 e. The van der Waals surface area contributed by atoms with Crippen LogP contribution in [0.3, 0.4) is 0 Å². The fraction of sp³-hybridized carbons (Fsp3) is 1.00. The highest BCUT2D eigenvalue weighted by Crippen LogP contribution is 2.18. The van der Waals surface area contributed by atoms with Crippen LogP contribution in [0.4, 0.5) is 0 Å². The van der Waals surface area contributed by atoms with Gasteiger partial charge in [-0.05, 0) is 24.7 Å². The van der Waals surface area contributed by atoms with Crippen molar-refractivity contribution in [3.63, 3.8) is 0 Å². The molecule has 0 saturated carbocycles. The van der Waals surface area contributed by atoms with E-state index in [4.69, 9.17) is 4.74 Å². The van der Waals surface area contributed by atoms with Gasteiger partial charge in [0, 0.05) is 19.8 Å². The average molecular weight is 301 g/mol. The minimum Gasteiger partial charge on any atom is -0.396 e. The van der Waals surface area contributed by atoms with E-state index in [2.05, 4.69) is 20.8 Å². The number of unbranched alkanes of at least 4 members (excludes halogenated alkanes) is 7. The number of hydrogen-bond donors (Lipinski definition) is 1. The van der Waals surface area contributed by atoms with Crippen LogP contribution in [0.1, 0.15) is 91.4 Å². The lowest BCUT2D eigenvalue weighted by atomic mass is 9.92. The van der Waals surface area contributed by atoms with Crippen molar-refractivity contribution in [2.45, 2.75) is 91.4 Å². The number of rotatable bonds is 16. The van der Waals surface area contributed by atoms with Gasteiger partial charge < -0.3 is 9.84 Å². The Balaban J connectivity index is 3.39. The fourth-order valence-electron chi connectivity index (χ4n) is 2.78. The topological polar surface area (TPSA) is 29.5 Å². The summed E-state index contributed by atoms with van der Waals surface area (Å²) in [6.45, 7) is 8.78. The lowest BCUT2D eigenvalue weighted by molar-refractivity contribution is 0.0783. The normalized spacial score (nSPS) is 14.3. The summed E-state index contributed by atoms with van der Waals surface area (Å²) in [6.07, 6.45) is 14.2. The standard InChI is InChI=1S/C19H40O2/c1-4-7-8-9-10-11-12-13-14-21-17-19(6-3)15-18(5-2)16-20/h18-20H,4-17H2,1-3H3. The fourth-order valence-corrected chi connectivity index (χ4v) is 2.78. The van der Waals surface area contributed by atoms with Gasteiger partial charge in [0.05, 0.1) is 0 Å². The summed E-state index contributed by atoms with van der Waals surface area (Å²) in [7, 11) is 0. The maximum atomic E-state index is 9.28. The highest BCUT2D eigenvalue weighted by Gasteiger charge is 2.13. The zero-order valence-corrected chi connectivity index (χ0v) is 14.9. The highest BCUT2D eigenvalue weighted by atomic mass is 16.5. The third kappa shape index (κ3) is 13.3. The summed E-state index contributed by atoms with van der Waals surface area (Å²) in [6, 6.07) is 0. The Labute approximate surface area is 133 Å². The minimum absolute atomic E-state index is 0.324. The van der Waals surface area contributed by atoms with Gasteiger partial charge in [-0.15, -0.1) is 0 Å².